The Morgan fingerprint density at radius 3 is 2.30 bits per heavy atom. The van der Waals surface area contributed by atoms with Crippen LogP contribution in [-0.2, 0) is 0 Å². The summed E-state index contributed by atoms with van der Waals surface area (Å²) in [6.07, 6.45) is 0. The lowest BCUT2D eigenvalue weighted by Gasteiger charge is -2.32. The minimum Gasteiger partial charge on any atom is -0.493 e. The van der Waals surface area contributed by atoms with Crippen molar-refractivity contribution in [3.63, 3.8) is 0 Å². The summed E-state index contributed by atoms with van der Waals surface area (Å²) in [6, 6.07) is 20.6. The molecule has 0 fully saturated rings. The molecule has 0 radical (unpaired) electrons. The Kier molecular flexibility index (Phi) is 5.60. The standard InChI is InChI=1S/C27H28N2O4/c1-30-21-13-12-16(14-23(21)32-3)25-26-24(18-8-5-6-10-20(18)29-26)19(15-28-25)17-9-7-11-22(31-2)27(17)33-4/h5-14,19,25,28-29H,15H2,1-4H3/t19-,25+/m0/s1. The predicted octanol–water partition coefficient (Wildman–Crippen LogP) is 5.03. The fourth-order valence-electron chi connectivity index (χ4n) is 5.00. The van der Waals surface area contributed by atoms with E-state index in [-0.39, 0.29) is 12.0 Å². The van der Waals surface area contributed by atoms with Crippen molar-refractivity contribution in [1.29, 1.82) is 0 Å². The summed E-state index contributed by atoms with van der Waals surface area (Å²) in [6.45, 7) is 0.747. The Bertz CT molecular complexity index is 1300. The number of benzene rings is 3. The van der Waals surface area contributed by atoms with Gasteiger partial charge in [0.15, 0.2) is 23.0 Å². The highest BCUT2D eigenvalue weighted by molar-refractivity contribution is 5.87. The summed E-state index contributed by atoms with van der Waals surface area (Å²) in [4.78, 5) is 3.69. The van der Waals surface area contributed by atoms with Crippen molar-refractivity contribution in [3.05, 3.63) is 83.0 Å². The van der Waals surface area contributed by atoms with Crippen LogP contribution >= 0.6 is 0 Å². The van der Waals surface area contributed by atoms with Crippen molar-refractivity contribution < 1.29 is 18.9 Å². The second-order valence-corrected chi connectivity index (χ2v) is 8.09. The average Bonchev–Trinajstić information content (AvgIpc) is 3.27. The van der Waals surface area contributed by atoms with Crippen molar-refractivity contribution in [2.75, 3.05) is 35.0 Å². The van der Waals surface area contributed by atoms with Gasteiger partial charge in [-0.3, -0.25) is 0 Å². The topological polar surface area (TPSA) is 64.7 Å². The van der Waals surface area contributed by atoms with Crippen LogP contribution in [-0.4, -0.2) is 40.0 Å². The molecule has 170 valence electrons. The summed E-state index contributed by atoms with van der Waals surface area (Å²) in [7, 11) is 6.68. The third-order valence-corrected chi connectivity index (χ3v) is 6.49. The highest BCUT2D eigenvalue weighted by Gasteiger charge is 2.34. The number of hydrogen-bond acceptors (Lipinski definition) is 5. The molecular formula is C27H28N2O4. The molecule has 6 nitrogen and oxygen atoms in total. The summed E-state index contributed by atoms with van der Waals surface area (Å²) in [5.41, 5.74) is 5.74. The van der Waals surface area contributed by atoms with Crippen molar-refractivity contribution in [2.24, 2.45) is 0 Å². The van der Waals surface area contributed by atoms with Gasteiger partial charge in [-0.05, 0) is 35.4 Å². The molecule has 5 rings (SSSR count). The first-order valence-corrected chi connectivity index (χ1v) is 11.0. The van der Waals surface area contributed by atoms with Gasteiger partial charge in [0.2, 0.25) is 0 Å². The maximum Gasteiger partial charge on any atom is 0.164 e. The van der Waals surface area contributed by atoms with Gasteiger partial charge < -0.3 is 29.2 Å². The van der Waals surface area contributed by atoms with E-state index >= 15 is 0 Å². The first-order chi connectivity index (χ1) is 16.2. The molecule has 3 aromatic carbocycles. The Labute approximate surface area is 193 Å². The summed E-state index contributed by atoms with van der Waals surface area (Å²) in [5.74, 6) is 3.03. The number of rotatable bonds is 6. The molecule has 0 saturated heterocycles. The van der Waals surface area contributed by atoms with Crippen molar-refractivity contribution in [1.82, 2.24) is 10.3 Å². The molecule has 0 saturated carbocycles. The van der Waals surface area contributed by atoms with Gasteiger partial charge in [0, 0.05) is 34.6 Å². The van der Waals surface area contributed by atoms with E-state index in [9.17, 15) is 0 Å². The number of nitrogens with one attached hydrogen (secondary N) is 2. The van der Waals surface area contributed by atoms with Crippen LogP contribution in [0.3, 0.4) is 0 Å². The van der Waals surface area contributed by atoms with Crippen LogP contribution < -0.4 is 24.3 Å². The number of methoxy groups -OCH3 is 4. The molecule has 0 spiro atoms. The van der Waals surface area contributed by atoms with E-state index in [1.807, 2.05) is 24.3 Å². The zero-order chi connectivity index (χ0) is 22.9. The van der Waals surface area contributed by atoms with Crippen LogP contribution in [0.15, 0.2) is 60.7 Å². The van der Waals surface area contributed by atoms with Gasteiger partial charge in [-0.1, -0.05) is 36.4 Å². The molecule has 2 atom stereocenters. The second-order valence-electron chi connectivity index (χ2n) is 8.09. The molecular weight excluding hydrogens is 416 g/mol. The quantitative estimate of drug-likeness (QED) is 0.437. The highest BCUT2D eigenvalue weighted by Crippen LogP contribution is 2.46. The van der Waals surface area contributed by atoms with Crippen LogP contribution in [0.2, 0.25) is 0 Å². The number of hydrogen-bond donors (Lipinski definition) is 2. The van der Waals surface area contributed by atoms with Gasteiger partial charge in [-0.2, -0.15) is 0 Å². The minimum atomic E-state index is -0.0138. The molecule has 0 amide bonds. The summed E-state index contributed by atoms with van der Waals surface area (Å²) >= 11 is 0. The smallest absolute Gasteiger partial charge is 0.164 e. The van der Waals surface area contributed by atoms with Crippen molar-refractivity contribution >= 4 is 10.9 Å². The average molecular weight is 445 g/mol. The number of aromatic amines is 1. The third-order valence-electron chi connectivity index (χ3n) is 6.49. The molecule has 0 bridgehead atoms. The molecule has 1 aromatic heterocycles. The monoisotopic (exact) mass is 444 g/mol. The van der Waals surface area contributed by atoms with E-state index in [1.54, 1.807) is 28.4 Å². The fourth-order valence-corrected chi connectivity index (χ4v) is 5.00. The van der Waals surface area contributed by atoms with Crippen LogP contribution in [0.1, 0.15) is 34.3 Å². The number of aromatic nitrogens is 1. The fraction of sp³-hybridized carbons (Fsp3) is 0.259. The van der Waals surface area contributed by atoms with E-state index in [2.05, 4.69) is 46.7 Å². The zero-order valence-electron chi connectivity index (χ0n) is 19.3. The normalized spacial score (nSPS) is 17.5. The Morgan fingerprint density at radius 1 is 0.758 bits per heavy atom. The SMILES string of the molecule is COc1ccc([C@H]2NC[C@@H](c3cccc(OC)c3OC)c3c2[nH]c2ccccc32)cc1OC. The van der Waals surface area contributed by atoms with Crippen molar-refractivity contribution in [2.45, 2.75) is 12.0 Å². The predicted molar refractivity (Wildman–Crippen MR) is 129 cm³/mol. The van der Waals surface area contributed by atoms with E-state index in [0.29, 0.717) is 11.5 Å². The Balaban J connectivity index is 1.69. The molecule has 0 unspecified atom stereocenters. The number of H-pyrrole nitrogens is 1. The lowest BCUT2D eigenvalue weighted by molar-refractivity contribution is 0.349. The molecule has 33 heavy (non-hydrogen) atoms. The number of ether oxygens (including phenoxy) is 4. The van der Waals surface area contributed by atoms with Gasteiger partial charge >= 0.3 is 0 Å². The Hall–Kier alpha value is -3.64. The highest BCUT2D eigenvalue weighted by atomic mass is 16.5. The van der Waals surface area contributed by atoms with Crippen LogP contribution in [0, 0.1) is 0 Å². The molecule has 1 aliphatic rings. The van der Waals surface area contributed by atoms with Crippen molar-refractivity contribution in [3.8, 4) is 23.0 Å². The summed E-state index contributed by atoms with van der Waals surface area (Å²) in [5, 5.41) is 4.97. The Morgan fingerprint density at radius 2 is 1.55 bits per heavy atom. The van der Waals surface area contributed by atoms with Gasteiger partial charge in [0.1, 0.15) is 0 Å². The van der Waals surface area contributed by atoms with Crippen LogP contribution in [0.4, 0.5) is 0 Å². The van der Waals surface area contributed by atoms with Crippen LogP contribution in [0.25, 0.3) is 10.9 Å². The zero-order valence-corrected chi connectivity index (χ0v) is 19.3. The maximum atomic E-state index is 5.80. The first kappa shape index (κ1) is 21.2. The molecule has 6 heteroatoms. The van der Waals surface area contributed by atoms with E-state index < -0.39 is 0 Å². The van der Waals surface area contributed by atoms with Crippen LogP contribution in [0.5, 0.6) is 23.0 Å². The summed E-state index contributed by atoms with van der Waals surface area (Å²) < 4.78 is 22.4. The van der Waals surface area contributed by atoms with Gasteiger partial charge in [0.25, 0.3) is 0 Å². The second kappa shape index (κ2) is 8.71. The largest absolute Gasteiger partial charge is 0.493 e. The minimum absolute atomic E-state index is 0.0138. The maximum absolute atomic E-state index is 5.80. The lowest BCUT2D eigenvalue weighted by Crippen LogP contribution is -2.34. The molecule has 2 heterocycles. The van der Waals surface area contributed by atoms with E-state index in [0.717, 1.165) is 40.4 Å². The third kappa shape index (κ3) is 3.47. The molecule has 4 aromatic rings. The molecule has 1 aliphatic heterocycles. The van der Waals surface area contributed by atoms with Gasteiger partial charge in [-0.25, -0.2) is 0 Å². The van der Waals surface area contributed by atoms with Gasteiger partial charge in [0.05, 0.1) is 34.5 Å². The molecule has 2 N–H and O–H groups in total. The van der Waals surface area contributed by atoms with E-state index in [4.69, 9.17) is 18.9 Å². The molecule has 0 aliphatic carbocycles. The number of para-hydroxylation sites is 2. The lowest BCUT2D eigenvalue weighted by atomic mass is 9.82. The first-order valence-electron chi connectivity index (χ1n) is 11.0. The van der Waals surface area contributed by atoms with Gasteiger partial charge in [-0.15, -0.1) is 0 Å². The van der Waals surface area contributed by atoms with E-state index in [1.165, 1.54) is 10.9 Å². The number of fused-ring (bicyclic) bond motifs is 3.